The highest BCUT2D eigenvalue weighted by atomic mass is 79.9. The van der Waals surface area contributed by atoms with Crippen LogP contribution in [0.5, 0.6) is 0 Å². The molecule has 1 heterocycles. The van der Waals surface area contributed by atoms with Crippen molar-refractivity contribution in [2.24, 2.45) is 0 Å². The Morgan fingerprint density at radius 1 is 1.36 bits per heavy atom. The van der Waals surface area contributed by atoms with E-state index in [-0.39, 0.29) is 9.94 Å². The van der Waals surface area contributed by atoms with Crippen LogP contribution >= 0.6 is 15.9 Å². The van der Waals surface area contributed by atoms with Crippen molar-refractivity contribution >= 4 is 28.5 Å². The normalized spacial score (nSPS) is 11.6. The minimum atomic E-state index is -4.59. The molecule has 2 N–H and O–H groups in total. The molecule has 76 valence electrons. The molecule has 1 rings (SSSR count). The molecule has 3 nitrogen and oxygen atoms in total. The maximum absolute atomic E-state index is 12.1. The average molecular weight is 270 g/mol. The van der Waals surface area contributed by atoms with E-state index in [0.29, 0.717) is 6.07 Å². The molecule has 0 saturated heterocycles. The van der Waals surface area contributed by atoms with Gasteiger partial charge in [0.25, 0.3) is 0 Å². The lowest BCUT2D eigenvalue weighted by molar-refractivity contribution is -0.141. The van der Waals surface area contributed by atoms with Gasteiger partial charge in [-0.15, -0.1) is 0 Å². The molecule has 0 aliphatic carbocycles. The van der Waals surface area contributed by atoms with E-state index >= 15 is 0 Å². The summed E-state index contributed by atoms with van der Waals surface area (Å²) >= 11 is 2.85. The van der Waals surface area contributed by atoms with Crippen LogP contribution in [0.1, 0.15) is 5.69 Å². The molecule has 0 unspecified atom stereocenters. The predicted octanol–water partition coefficient (Wildman–Crippen LogP) is 0.543. The summed E-state index contributed by atoms with van der Waals surface area (Å²) in [6.45, 7) is 0. The van der Waals surface area contributed by atoms with Crippen molar-refractivity contribution in [1.82, 2.24) is 4.98 Å². The van der Waals surface area contributed by atoms with Gasteiger partial charge >= 0.3 is 13.3 Å². The minimum absolute atomic E-state index is 0.112. The summed E-state index contributed by atoms with van der Waals surface area (Å²) in [6, 6.07) is 0.578. The summed E-state index contributed by atoms with van der Waals surface area (Å²) in [7, 11) is -1.96. The zero-order chi connectivity index (χ0) is 10.9. The molecule has 0 aromatic carbocycles. The molecular formula is C6H4BBrF3NO2. The van der Waals surface area contributed by atoms with E-state index in [1.54, 1.807) is 0 Å². The van der Waals surface area contributed by atoms with E-state index in [1.165, 1.54) is 0 Å². The fourth-order valence-corrected chi connectivity index (χ4v) is 1.23. The van der Waals surface area contributed by atoms with Gasteiger partial charge in [-0.25, -0.2) is 0 Å². The molecule has 0 atom stereocenters. The minimum Gasteiger partial charge on any atom is -0.423 e. The van der Waals surface area contributed by atoms with Crippen LogP contribution in [0.15, 0.2) is 16.7 Å². The van der Waals surface area contributed by atoms with E-state index < -0.39 is 19.0 Å². The topological polar surface area (TPSA) is 53.4 Å². The first-order chi connectivity index (χ1) is 6.32. The Bertz CT molecular complexity index is 344. The first kappa shape index (κ1) is 11.5. The molecule has 14 heavy (non-hydrogen) atoms. The van der Waals surface area contributed by atoms with Crippen LogP contribution in [0, 0.1) is 0 Å². The third-order valence-corrected chi connectivity index (χ3v) is 2.12. The van der Waals surface area contributed by atoms with Crippen molar-refractivity contribution in [2.75, 3.05) is 0 Å². The summed E-state index contributed by atoms with van der Waals surface area (Å²) in [5.74, 6) is 0. The zero-order valence-electron chi connectivity index (χ0n) is 6.59. The largest absolute Gasteiger partial charge is 0.489 e. The van der Waals surface area contributed by atoms with Crippen molar-refractivity contribution in [3.8, 4) is 0 Å². The highest BCUT2D eigenvalue weighted by Gasteiger charge is 2.33. The molecule has 8 heteroatoms. The number of hydrogen-bond acceptors (Lipinski definition) is 3. The third-order valence-electron chi connectivity index (χ3n) is 1.45. The average Bonchev–Trinajstić information content (AvgIpc) is 2.02. The Hall–Kier alpha value is -0.595. The highest BCUT2D eigenvalue weighted by molar-refractivity contribution is 9.10. The number of halogens is 4. The summed E-state index contributed by atoms with van der Waals surface area (Å²) in [5, 5.41) is 17.5. The second kappa shape index (κ2) is 3.88. The van der Waals surface area contributed by atoms with Crippen LogP contribution in [0.25, 0.3) is 0 Å². The van der Waals surface area contributed by atoms with E-state index in [9.17, 15) is 13.2 Å². The lowest BCUT2D eigenvalue weighted by Crippen LogP contribution is -2.32. The molecule has 0 saturated carbocycles. The van der Waals surface area contributed by atoms with E-state index in [0.717, 1.165) is 6.20 Å². The summed E-state index contributed by atoms with van der Waals surface area (Å²) in [4.78, 5) is 3.10. The maximum Gasteiger partial charge on any atom is 0.489 e. The fourth-order valence-electron chi connectivity index (χ4n) is 0.807. The highest BCUT2D eigenvalue weighted by Crippen LogP contribution is 2.27. The number of alkyl halides is 3. The second-order valence-corrected chi connectivity index (χ2v) is 3.32. The molecular weight excluding hydrogens is 266 g/mol. The second-order valence-electron chi connectivity index (χ2n) is 2.46. The van der Waals surface area contributed by atoms with Crippen LogP contribution in [0.4, 0.5) is 13.2 Å². The standard InChI is InChI=1S/C6H4BBrF3NO2/c8-4-2-12-5(6(9,10)11)1-3(4)7(13)14/h1-2,13-14H. The number of aromatic nitrogens is 1. The van der Waals surface area contributed by atoms with Crippen molar-refractivity contribution in [1.29, 1.82) is 0 Å². The maximum atomic E-state index is 12.1. The SMILES string of the molecule is OB(O)c1cc(C(F)(F)F)ncc1Br. The van der Waals surface area contributed by atoms with Crippen LogP contribution in [-0.4, -0.2) is 22.2 Å². The van der Waals surface area contributed by atoms with Gasteiger partial charge in [-0.05, 0) is 27.5 Å². The summed E-state index contributed by atoms with van der Waals surface area (Å²) < 4.78 is 36.5. The zero-order valence-corrected chi connectivity index (χ0v) is 8.17. The van der Waals surface area contributed by atoms with Crippen molar-refractivity contribution in [3.63, 3.8) is 0 Å². The van der Waals surface area contributed by atoms with Gasteiger partial charge in [-0.1, -0.05) is 0 Å². The van der Waals surface area contributed by atoms with Crippen LogP contribution in [0.2, 0.25) is 0 Å². The quantitative estimate of drug-likeness (QED) is 0.732. The number of pyridine rings is 1. The summed E-state index contributed by atoms with van der Waals surface area (Å²) in [5.41, 5.74) is -1.43. The van der Waals surface area contributed by atoms with E-state index in [2.05, 4.69) is 20.9 Å². The third kappa shape index (κ3) is 2.46. The molecule has 1 aromatic heterocycles. The Labute approximate surface area is 85.9 Å². The van der Waals surface area contributed by atoms with Crippen LogP contribution in [0.3, 0.4) is 0 Å². The smallest absolute Gasteiger partial charge is 0.423 e. The van der Waals surface area contributed by atoms with Gasteiger partial charge in [0.05, 0.1) is 0 Å². The van der Waals surface area contributed by atoms with Gasteiger partial charge in [-0.2, -0.15) is 13.2 Å². The fraction of sp³-hybridized carbons (Fsp3) is 0.167. The van der Waals surface area contributed by atoms with E-state index in [1.807, 2.05) is 0 Å². The molecule has 0 radical (unpaired) electrons. The Morgan fingerprint density at radius 3 is 2.36 bits per heavy atom. The van der Waals surface area contributed by atoms with Gasteiger partial charge in [-0.3, -0.25) is 4.98 Å². The van der Waals surface area contributed by atoms with Gasteiger partial charge in [0.1, 0.15) is 5.69 Å². The van der Waals surface area contributed by atoms with Crippen LogP contribution < -0.4 is 5.46 Å². The number of nitrogens with zero attached hydrogens (tertiary/aromatic N) is 1. The number of rotatable bonds is 1. The first-order valence-corrected chi connectivity index (χ1v) is 4.20. The van der Waals surface area contributed by atoms with Gasteiger partial charge in [0, 0.05) is 10.7 Å². The molecule has 1 aromatic rings. The Balaban J connectivity index is 3.20. The molecule has 0 bridgehead atoms. The van der Waals surface area contributed by atoms with Crippen molar-refractivity contribution in [3.05, 3.63) is 22.4 Å². The molecule has 0 aliphatic rings. The molecule has 0 spiro atoms. The van der Waals surface area contributed by atoms with Crippen molar-refractivity contribution < 1.29 is 23.2 Å². The molecule has 0 fully saturated rings. The first-order valence-electron chi connectivity index (χ1n) is 3.41. The molecule has 0 aliphatic heterocycles. The van der Waals surface area contributed by atoms with E-state index in [4.69, 9.17) is 10.0 Å². The summed E-state index contributed by atoms with van der Waals surface area (Å²) in [6.07, 6.45) is -3.72. The monoisotopic (exact) mass is 269 g/mol. The van der Waals surface area contributed by atoms with Gasteiger partial charge < -0.3 is 10.0 Å². The lowest BCUT2D eigenvalue weighted by atomic mass is 9.80. The lowest BCUT2D eigenvalue weighted by Gasteiger charge is -2.08. The number of hydrogen-bond donors (Lipinski definition) is 2. The Kier molecular flexibility index (Phi) is 3.18. The van der Waals surface area contributed by atoms with Crippen LogP contribution in [-0.2, 0) is 6.18 Å². The van der Waals surface area contributed by atoms with Gasteiger partial charge in [0.2, 0.25) is 0 Å². The van der Waals surface area contributed by atoms with Gasteiger partial charge in [0.15, 0.2) is 0 Å². The van der Waals surface area contributed by atoms with Crippen molar-refractivity contribution in [2.45, 2.75) is 6.18 Å². The predicted molar refractivity (Wildman–Crippen MR) is 46.8 cm³/mol. The molecule has 0 amide bonds. The Morgan fingerprint density at radius 2 is 1.93 bits per heavy atom.